The second-order valence-corrected chi connectivity index (χ2v) is 10.5. The van der Waals surface area contributed by atoms with Crippen molar-refractivity contribution >= 4 is 60.7 Å². The second kappa shape index (κ2) is 6.23. The van der Waals surface area contributed by atoms with Gasteiger partial charge in [0, 0.05) is 28.5 Å². The first-order valence-electron chi connectivity index (χ1n) is 5.85. The number of rotatable bonds is 3. The molecule has 2 atom stereocenters. The highest BCUT2D eigenvalue weighted by molar-refractivity contribution is 9.11. The van der Waals surface area contributed by atoms with Crippen LogP contribution in [0.1, 0.15) is 18.7 Å². The molecule has 1 aliphatic rings. The van der Waals surface area contributed by atoms with E-state index in [0.717, 1.165) is 10.6 Å². The van der Waals surface area contributed by atoms with E-state index >= 15 is 0 Å². The Bertz CT molecular complexity index is 560. The summed E-state index contributed by atoms with van der Waals surface area (Å²) in [5, 5.41) is 0.313. The molecule has 1 aromatic heterocycles. The van der Waals surface area contributed by atoms with Crippen LogP contribution in [0.4, 0.5) is 0 Å². The normalized spacial score (nSPS) is 25.7. The summed E-state index contributed by atoms with van der Waals surface area (Å²) in [6.45, 7) is 4.61. The van der Waals surface area contributed by atoms with Crippen LogP contribution in [0, 0.1) is 0 Å². The van der Waals surface area contributed by atoms with Crippen LogP contribution < -0.4 is 0 Å². The summed E-state index contributed by atoms with van der Waals surface area (Å²) in [6.07, 6.45) is 0. The Kier molecular flexibility index (Phi) is 5.29. The lowest BCUT2D eigenvalue weighted by molar-refractivity contribution is 0.340. The van der Waals surface area contributed by atoms with Crippen molar-refractivity contribution in [1.29, 1.82) is 0 Å². The van der Waals surface area contributed by atoms with Crippen molar-refractivity contribution in [2.45, 2.75) is 35.9 Å². The summed E-state index contributed by atoms with van der Waals surface area (Å²) in [6, 6.07) is 1.69. The Morgan fingerprint density at radius 2 is 2.21 bits per heavy atom. The lowest BCUT2D eigenvalue weighted by atomic mass is 10.2. The van der Waals surface area contributed by atoms with Crippen molar-refractivity contribution < 1.29 is 8.42 Å². The van der Waals surface area contributed by atoms with E-state index in [1.165, 1.54) is 11.3 Å². The number of hydrogen-bond acceptors (Lipinski definition) is 4. The Morgan fingerprint density at radius 3 is 2.79 bits per heavy atom. The zero-order chi connectivity index (χ0) is 14.2. The maximum absolute atomic E-state index is 12.7. The number of thioether (sulfide) groups is 1. The number of alkyl halides is 1. The van der Waals surface area contributed by atoms with E-state index in [4.69, 9.17) is 11.6 Å². The molecule has 0 aromatic carbocycles. The Hall–Kier alpha value is 0.730. The second-order valence-electron chi connectivity index (χ2n) is 4.42. The Labute approximate surface area is 135 Å². The van der Waals surface area contributed by atoms with Gasteiger partial charge in [0.2, 0.25) is 10.0 Å². The highest BCUT2D eigenvalue weighted by Gasteiger charge is 2.36. The van der Waals surface area contributed by atoms with Crippen LogP contribution in [0.5, 0.6) is 0 Å². The van der Waals surface area contributed by atoms with Gasteiger partial charge in [0.15, 0.2) is 0 Å². The molecular weight excluding hydrogens is 390 g/mol. The first-order chi connectivity index (χ1) is 8.87. The first-order valence-corrected chi connectivity index (χ1v) is 10.5. The molecule has 1 fully saturated rings. The molecular formula is C11H15BrClNO2S3. The molecule has 108 valence electrons. The van der Waals surface area contributed by atoms with Crippen molar-refractivity contribution in [3.8, 4) is 0 Å². The minimum atomic E-state index is -3.44. The molecule has 0 saturated carbocycles. The maximum Gasteiger partial charge on any atom is 0.245 e. The summed E-state index contributed by atoms with van der Waals surface area (Å²) >= 11 is 12.3. The Balaban J connectivity index is 2.38. The molecule has 0 spiro atoms. The van der Waals surface area contributed by atoms with Gasteiger partial charge in [0.05, 0.1) is 9.67 Å². The highest BCUT2D eigenvalue weighted by Crippen LogP contribution is 2.37. The quantitative estimate of drug-likeness (QED) is 0.720. The van der Waals surface area contributed by atoms with E-state index in [1.807, 2.05) is 18.7 Å². The fourth-order valence-electron chi connectivity index (χ4n) is 2.01. The number of nitrogens with zero attached hydrogens (tertiary/aromatic N) is 1. The fraction of sp³-hybridized carbons (Fsp3) is 0.636. The third kappa shape index (κ3) is 3.16. The van der Waals surface area contributed by atoms with Gasteiger partial charge in [-0.3, -0.25) is 0 Å². The molecule has 2 heterocycles. The zero-order valence-electron chi connectivity index (χ0n) is 10.6. The van der Waals surface area contributed by atoms with Crippen LogP contribution in [0.2, 0.25) is 0 Å². The molecule has 19 heavy (non-hydrogen) atoms. The number of hydrogen-bond donors (Lipinski definition) is 0. The molecule has 1 saturated heterocycles. The largest absolute Gasteiger partial charge is 0.245 e. The minimum absolute atomic E-state index is 0.00926. The molecule has 0 amide bonds. The minimum Gasteiger partial charge on any atom is -0.207 e. The fourth-order valence-corrected chi connectivity index (χ4v) is 7.73. The van der Waals surface area contributed by atoms with Crippen molar-refractivity contribution in [3.05, 3.63) is 14.7 Å². The predicted molar refractivity (Wildman–Crippen MR) is 86.8 cm³/mol. The lowest BCUT2D eigenvalue weighted by Gasteiger charge is -2.36. The van der Waals surface area contributed by atoms with E-state index in [9.17, 15) is 8.42 Å². The summed E-state index contributed by atoms with van der Waals surface area (Å²) in [5.74, 6) is 1.18. The van der Waals surface area contributed by atoms with Crippen molar-refractivity contribution in [1.82, 2.24) is 4.31 Å². The van der Waals surface area contributed by atoms with Crippen LogP contribution in [-0.2, 0) is 15.9 Å². The summed E-state index contributed by atoms with van der Waals surface area (Å²) < 4.78 is 27.7. The van der Waals surface area contributed by atoms with Gasteiger partial charge in [-0.15, -0.1) is 22.9 Å². The lowest BCUT2D eigenvalue weighted by Crippen LogP contribution is -2.47. The molecule has 2 rings (SSSR count). The number of sulfonamides is 1. The number of thiophene rings is 1. The molecule has 8 heteroatoms. The molecule has 0 N–H and O–H groups in total. The van der Waals surface area contributed by atoms with Crippen molar-refractivity contribution in [2.75, 3.05) is 12.3 Å². The van der Waals surface area contributed by atoms with E-state index in [-0.39, 0.29) is 6.04 Å². The molecule has 0 radical (unpaired) electrons. The van der Waals surface area contributed by atoms with Gasteiger partial charge in [0.1, 0.15) is 4.90 Å². The first kappa shape index (κ1) is 16.1. The van der Waals surface area contributed by atoms with Gasteiger partial charge < -0.3 is 0 Å². The molecule has 3 nitrogen and oxygen atoms in total. The topological polar surface area (TPSA) is 37.4 Å². The standard InChI is InChI=1S/C11H15BrClNO2S3/c1-7-8(2)17-4-3-14(7)19(15,16)10-5-9(6-13)18-11(10)12/h5,7-8H,3-4,6H2,1-2H3. The van der Waals surface area contributed by atoms with Gasteiger partial charge in [-0.1, -0.05) is 6.92 Å². The van der Waals surface area contributed by atoms with Gasteiger partial charge in [-0.25, -0.2) is 8.42 Å². The average Bonchev–Trinajstić information content (AvgIpc) is 2.74. The number of halogens is 2. The van der Waals surface area contributed by atoms with Crippen LogP contribution in [0.15, 0.2) is 14.7 Å². The summed E-state index contributed by atoms with van der Waals surface area (Å²) in [5.41, 5.74) is 0. The van der Waals surface area contributed by atoms with E-state index in [1.54, 1.807) is 10.4 Å². The monoisotopic (exact) mass is 403 g/mol. The highest BCUT2D eigenvalue weighted by atomic mass is 79.9. The average molecular weight is 405 g/mol. The predicted octanol–water partition coefficient (Wildman–Crippen LogP) is 3.76. The summed E-state index contributed by atoms with van der Waals surface area (Å²) in [7, 11) is -3.44. The van der Waals surface area contributed by atoms with Gasteiger partial charge in [-0.2, -0.15) is 16.1 Å². The smallest absolute Gasteiger partial charge is 0.207 e. The molecule has 1 aromatic rings. The molecule has 2 unspecified atom stereocenters. The third-order valence-corrected chi connectivity index (χ3v) is 9.27. The van der Waals surface area contributed by atoms with Gasteiger partial charge in [0.25, 0.3) is 0 Å². The van der Waals surface area contributed by atoms with Gasteiger partial charge in [-0.05, 0) is 28.9 Å². The van der Waals surface area contributed by atoms with Crippen LogP contribution in [0.3, 0.4) is 0 Å². The van der Waals surface area contributed by atoms with Gasteiger partial charge >= 0.3 is 0 Å². The maximum atomic E-state index is 12.7. The molecule has 0 bridgehead atoms. The van der Waals surface area contributed by atoms with Crippen molar-refractivity contribution in [3.63, 3.8) is 0 Å². The van der Waals surface area contributed by atoms with Crippen LogP contribution >= 0.6 is 50.6 Å². The van der Waals surface area contributed by atoms with Crippen molar-refractivity contribution in [2.24, 2.45) is 0 Å². The third-order valence-electron chi connectivity index (χ3n) is 3.25. The van der Waals surface area contributed by atoms with Crippen LogP contribution in [-0.4, -0.2) is 36.3 Å². The Morgan fingerprint density at radius 1 is 1.53 bits per heavy atom. The zero-order valence-corrected chi connectivity index (χ0v) is 15.4. The summed E-state index contributed by atoms with van der Waals surface area (Å²) in [4.78, 5) is 1.21. The SMILES string of the molecule is CC1SCCN(S(=O)(=O)c2cc(CCl)sc2Br)C1C. The van der Waals surface area contributed by atoms with E-state index < -0.39 is 10.0 Å². The molecule has 0 aliphatic carbocycles. The van der Waals surface area contributed by atoms with Crippen LogP contribution in [0.25, 0.3) is 0 Å². The van der Waals surface area contributed by atoms with E-state index in [0.29, 0.717) is 26.4 Å². The molecule has 1 aliphatic heterocycles. The van der Waals surface area contributed by atoms with E-state index in [2.05, 4.69) is 22.9 Å².